The normalized spacial score (nSPS) is 18.1. The maximum atomic E-state index is 10.5. The Morgan fingerprint density at radius 1 is 1.00 bits per heavy atom. The molecule has 0 unspecified atom stereocenters. The smallest absolute Gasteiger partial charge is 0.180 e. The van der Waals surface area contributed by atoms with Crippen LogP contribution in [-0.2, 0) is 6.42 Å². The summed E-state index contributed by atoms with van der Waals surface area (Å²) in [5.41, 5.74) is 6.87. The van der Waals surface area contributed by atoms with Crippen LogP contribution in [0.4, 0.5) is 0 Å². The van der Waals surface area contributed by atoms with E-state index in [1.807, 2.05) is 18.2 Å². The molecule has 0 amide bonds. The van der Waals surface area contributed by atoms with Crippen molar-refractivity contribution in [3.63, 3.8) is 0 Å². The Labute approximate surface area is 182 Å². The molecule has 4 aromatic rings. The highest BCUT2D eigenvalue weighted by molar-refractivity contribution is 5.80. The molecular formula is C25H27N5O. The number of unbranched alkanes of at least 4 members (excludes halogenated alkanes) is 1. The van der Waals surface area contributed by atoms with Crippen molar-refractivity contribution in [2.75, 3.05) is 0 Å². The largest absolute Gasteiger partial charge is 0.387 e. The third kappa shape index (κ3) is 3.68. The van der Waals surface area contributed by atoms with Crippen molar-refractivity contribution in [2.45, 2.75) is 51.2 Å². The number of aromatic nitrogens is 5. The second-order valence-electron chi connectivity index (χ2n) is 8.25. The van der Waals surface area contributed by atoms with E-state index in [0.717, 1.165) is 41.6 Å². The van der Waals surface area contributed by atoms with Crippen molar-refractivity contribution in [3.8, 4) is 22.5 Å². The molecule has 1 aliphatic rings. The third-order valence-corrected chi connectivity index (χ3v) is 6.32. The van der Waals surface area contributed by atoms with E-state index in [4.69, 9.17) is 0 Å². The van der Waals surface area contributed by atoms with Crippen LogP contribution in [0.25, 0.3) is 22.5 Å². The minimum Gasteiger partial charge on any atom is -0.387 e. The van der Waals surface area contributed by atoms with Gasteiger partial charge in [0.2, 0.25) is 0 Å². The van der Waals surface area contributed by atoms with Gasteiger partial charge in [-0.15, -0.1) is 5.10 Å². The number of aliphatic hydroxyl groups excluding tert-OH is 1. The van der Waals surface area contributed by atoms with Gasteiger partial charge in [-0.05, 0) is 64.9 Å². The number of H-pyrrole nitrogens is 1. The van der Waals surface area contributed by atoms with Crippen LogP contribution in [0.1, 0.15) is 61.7 Å². The molecular weight excluding hydrogens is 386 g/mol. The monoisotopic (exact) mass is 413 g/mol. The summed E-state index contributed by atoms with van der Waals surface area (Å²) in [6.45, 7) is 2.22. The molecule has 6 nitrogen and oxygen atoms in total. The van der Waals surface area contributed by atoms with Gasteiger partial charge >= 0.3 is 0 Å². The van der Waals surface area contributed by atoms with E-state index in [0.29, 0.717) is 5.82 Å². The maximum Gasteiger partial charge on any atom is 0.180 e. The molecule has 5 rings (SSSR count). The Morgan fingerprint density at radius 3 is 2.55 bits per heavy atom. The highest BCUT2D eigenvalue weighted by atomic mass is 16.3. The summed E-state index contributed by atoms with van der Waals surface area (Å²) in [7, 11) is 0. The van der Waals surface area contributed by atoms with Crippen LogP contribution in [0.3, 0.4) is 0 Å². The number of aryl methyl sites for hydroxylation is 1. The Hall–Kier alpha value is -3.25. The molecule has 1 aliphatic heterocycles. The van der Waals surface area contributed by atoms with Gasteiger partial charge in [-0.3, -0.25) is 0 Å². The number of hydrogen-bond acceptors (Lipinski definition) is 4. The number of hydrogen-bond donors (Lipinski definition) is 2. The number of fused-ring (bicyclic) bond motifs is 1. The van der Waals surface area contributed by atoms with Gasteiger partial charge in [0.15, 0.2) is 5.82 Å². The summed E-state index contributed by atoms with van der Waals surface area (Å²) in [5.74, 6) is 0.665. The van der Waals surface area contributed by atoms with E-state index < -0.39 is 0 Å². The van der Waals surface area contributed by atoms with Crippen LogP contribution >= 0.6 is 0 Å². The zero-order chi connectivity index (χ0) is 21.2. The predicted molar refractivity (Wildman–Crippen MR) is 120 cm³/mol. The van der Waals surface area contributed by atoms with Crippen molar-refractivity contribution >= 4 is 0 Å². The van der Waals surface area contributed by atoms with Crippen LogP contribution in [0.2, 0.25) is 0 Å². The summed E-state index contributed by atoms with van der Waals surface area (Å²) in [6.07, 6.45) is 4.76. The lowest BCUT2D eigenvalue weighted by Crippen LogP contribution is -2.23. The number of nitrogens with zero attached hydrogens (tertiary/aromatic N) is 4. The number of rotatable bonds is 6. The first-order valence-corrected chi connectivity index (χ1v) is 11.1. The third-order valence-electron chi connectivity index (χ3n) is 6.32. The molecule has 2 N–H and O–H groups in total. The average molecular weight is 414 g/mol. The van der Waals surface area contributed by atoms with Gasteiger partial charge in [0, 0.05) is 17.0 Å². The van der Waals surface area contributed by atoms with E-state index >= 15 is 0 Å². The average Bonchev–Trinajstić information content (AvgIpc) is 3.49. The molecule has 6 heteroatoms. The second kappa shape index (κ2) is 8.47. The number of aliphatic hydroxyl groups is 1. The van der Waals surface area contributed by atoms with Gasteiger partial charge in [-0.25, -0.2) is 5.10 Å². The first kappa shape index (κ1) is 19.7. The van der Waals surface area contributed by atoms with Crippen LogP contribution in [0.15, 0.2) is 60.7 Å². The van der Waals surface area contributed by atoms with Crippen LogP contribution < -0.4 is 0 Å². The molecule has 2 aromatic heterocycles. The molecule has 0 radical (unpaired) electrons. The summed E-state index contributed by atoms with van der Waals surface area (Å²) >= 11 is 0. The van der Waals surface area contributed by atoms with Gasteiger partial charge in [-0.1, -0.05) is 61.9 Å². The first-order valence-electron chi connectivity index (χ1n) is 11.1. The number of benzene rings is 2. The summed E-state index contributed by atoms with van der Waals surface area (Å²) in [6, 6.07) is 21.5. The second-order valence-corrected chi connectivity index (χ2v) is 8.25. The molecule has 158 valence electrons. The van der Waals surface area contributed by atoms with Gasteiger partial charge < -0.3 is 9.67 Å². The van der Waals surface area contributed by atoms with E-state index in [-0.39, 0.29) is 12.1 Å². The quantitative estimate of drug-likeness (QED) is 0.461. The number of tetrazole rings is 1. The van der Waals surface area contributed by atoms with E-state index in [1.54, 1.807) is 0 Å². The molecule has 0 saturated carbocycles. The highest BCUT2D eigenvalue weighted by Crippen LogP contribution is 2.39. The van der Waals surface area contributed by atoms with Gasteiger partial charge in [-0.2, -0.15) is 0 Å². The Kier molecular flexibility index (Phi) is 5.38. The van der Waals surface area contributed by atoms with E-state index in [2.05, 4.69) is 74.6 Å². The minimum absolute atomic E-state index is 0.267. The standard InChI is InChI=1S/C25H27N5O/c1-2-3-6-19-13-14-23-24(31)16-15-22(30(19)23)18-11-9-17(10-12-18)20-7-4-5-8-21(20)25-26-28-29-27-25/h4-5,7-14,22,24,31H,2-3,6,15-16H2,1H3,(H,26,27,28,29)/t22-,24-/m0/s1. The number of aromatic amines is 1. The summed E-state index contributed by atoms with van der Waals surface area (Å²) in [5, 5.41) is 24.9. The van der Waals surface area contributed by atoms with Crippen LogP contribution in [0, 0.1) is 0 Å². The van der Waals surface area contributed by atoms with Gasteiger partial charge in [0.05, 0.1) is 12.1 Å². The van der Waals surface area contributed by atoms with E-state index in [9.17, 15) is 5.11 Å². The zero-order valence-electron chi connectivity index (χ0n) is 17.7. The van der Waals surface area contributed by atoms with Gasteiger partial charge in [0.25, 0.3) is 0 Å². The fourth-order valence-corrected chi connectivity index (χ4v) is 4.73. The molecule has 0 saturated heterocycles. The lowest BCUT2D eigenvalue weighted by molar-refractivity contribution is 0.131. The van der Waals surface area contributed by atoms with Crippen molar-refractivity contribution in [1.82, 2.24) is 25.2 Å². The van der Waals surface area contributed by atoms with E-state index in [1.165, 1.54) is 24.1 Å². The summed E-state index contributed by atoms with van der Waals surface area (Å²) < 4.78 is 2.38. The Balaban J connectivity index is 1.49. The van der Waals surface area contributed by atoms with Crippen LogP contribution in [-0.4, -0.2) is 30.3 Å². The SMILES string of the molecule is CCCCc1ccc2n1[C@H](c1ccc(-c3ccccc3-c3nnn[nH]3)cc1)CC[C@@H]2O. The predicted octanol–water partition coefficient (Wildman–Crippen LogP) is 5.09. The van der Waals surface area contributed by atoms with Crippen molar-refractivity contribution in [2.24, 2.45) is 0 Å². The molecule has 3 heterocycles. The first-order chi connectivity index (χ1) is 15.3. The van der Waals surface area contributed by atoms with Crippen molar-refractivity contribution in [1.29, 1.82) is 0 Å². The van der Waals surface area contributed by atoms with Crippen molar-refractivity contribution < 1.29 is 5.11 Å². The highest BCUT2D eigenvalue weighted by Gasteiger charge is 2.28. The topological polar surface area (TPSA) is 79.6 Å². The molecule has 31 heavy (non-hydrogen) atoms. The molecule has 2 atom stereocenters. The lowest BCUT2D eigenvalue weighted by atomic mass is 9.92. The van der Waals surface area contributed by atoms with Gasteiger partial charge in [0.1, 0.15) is 0 Å². The molecule has 0 fully saturated rings. The summed E-state index contributed by atoms with van der Waals surface area (Å²) in [4.78, 5) is 0. The van der Waals surface area contributed by atoms with Crippen molar-refractivity contribution in [3.05, 3.63) is 77.6 Å². The molecule has 2 aromatic carbocycles. The molecule has 0 bridgehead atoms. The Morgan fingerprint density at radius 2 is 1.81 bits per heavy atom. The zero-order valence-corrected chi connectivity index (χ0v) is 17.7. The maximum absolute atomic E-state index is 10.5. The molecule has 0 aliphatic carbocycles. The minimum atomic E-state index is -0.367. The fraction of sp³-hybridized carbons (Fsp3) is 0.320. The molecule has 0 spiro atoms. The fourth-order valence-electron chi connectivity index (χ4n) is 4.73. The number of nitrogens with one attached hydrogen (secondary N) is 1. The van der Waals surface area contributed by atoms with Crippen LogP contribution in [0.5, 0.6) is 0 Å². The Bertz CT molecular complexity index is 1150. The lowest BCUT2D eigenvalue weighted by Gasteiger charge is -2.32.